The average molecular weight is 422 g/mol. The van der Waals surface area contributed by atoms with Crippen molar-refractivity contribution < 1.29 is 24.0 Å². The molecule has 10 nitrogen and oxygen atoms in total. The zero-order chi connectivity index (χ0) is 21.6. The summed E-state index contributed by atoms with van der Waals surface area (Å²) in [6.07, 6.45) is -0.202. The van der Waals surface area contributed by atoms with E-state index in [0.717, 1.165) is 0 Å². The van der Waals surface area contributed by atoms with Gasteiger partial charge in [-0.3, -0.25) is 29.8 Å². The molecule has 1 aromatic carbocycles. The number of hydrogen-bond acceptors (Lipinski definition) is 7. The van der Waals surface area contributed by atoms with Gasteiger partial charge in [-0.1, -0.05) is 13.8 Å². The lowest BCUT2D eigenvalue weighted by Gasteiger charge is -2.36. The van der Waals surface area contributed by atoms with E-state index in [9.17, 15) is 24.5 Å². The van der Waals surface area contributed by atoms with Crippen molar-refractivity contribution in [2.24, 2.45) is 5.92 Å². The second kappa shape index (κ2) is 9.92. The van der Waals surface area contributed by atoms with Crippen LogP contribution >= 0.6 is 12.2 Å². The summed E-state index contributed by atoms with van der Waals surface area (Å²) in [6.45, 7) is 4.66. The maximum absolute atomic E-state index is 12.4. The molecule has 1 aliphatic rings. The molecule has 2 amide bonds. The van der Waals surface area contributed by atoms with E-state index in [4.69, 9.17) is 17.0 Å². The Balaban J connectivity index is 2.03. The molecule has 29 heavy (non-hydrogen) atoms. The number of benzene rings is 1. The maximum Gasteiger partial charge on any atom is 0.308 e. The normalized spacial score (nSPS) is 16.2. The molecule has 0 aromatic heterocycles. The Morgan fingerprint density at radius 1 is 1.38 bits per heavy atom. The lowest BCUT2D eigenvalue weighted by molar-refractivity contribution is -0.384. The van der Waals surface area contributed by atoms with Crippen LogP contribution in [0.15, 0.2) is 24.3 Å². The van der Waals surface area contributed by atoms with Crippen LogP contribution in [0.4, 0.5) is 5.69 Å². The number of ether oxygens (including phenoxy) is 1. The summed E-state index contributed by atoms with van der Waals surface area (Å²) >= 11 is 5.26. The zero-order valence-corrected chi connectivity index (χ0v) is 16.9. The molecule has 11 heteroatoms. The van der Waals surface area contributed by atoms with Crippen LogP contribution in [0.3, 0.4) is 0 Å². The van der Waals surface area contributed by atoms with Gasteiger partial charge in [-0.05, 0) is 30.3 Å². The first-order valence-corrected chi connectivity index (χ1v) is 9.39. The summed E-state index contributed by atoms with van der Waals surface area (Å²) < 4.78 is 5.13. The van der Waals surface area contributed by atoms with E-state index < -0.39 is 22.8 Å². The molecule has 0 aliphatic carbocycles. The van der Waals surface area contributed by atoms with Crippen LogP contribution in [0.2, 0.25) is 0 Å². The van der Waals surface area contributed by atoms with Gasteiger partial charge in [0.25, 0.3) is 11.6 Å². The van der Waals surface area contributed by atoms with Gasteiger partial charge in [0.15, 0.2) is 5.11 Å². The van der Waals surface area contributed by atoms with Crippen LogP contribution in [0.25, 0.3) is 0 Å². The summed E-state index contributed by atoms with van der Waals surface area (Å²) in [5, 5.41) is 15.9. The van der Waals surface area contributed by atoms with Crippen molar-refractivity contribution in [2.75, 3.05) is 19.7 Å². The number of nitrogens with zero attached hydrogens (tertiary/aromatic N) is 2. The number of thiocarbonyl (C=S) groups is 1. The predicted octanol–water partition coefficient (Wildman–Crippen LogP) is 0.999. The standard InChI is InChI=1S/C18H22N4O6S/c1-11(2)10-28-15(23)9-14-17(25)19-7-8-21(14)18(29)20-16(24)12-3-5-13(6-4-12)22(26)27/h3-6,11,14H,7-10H2,1-2H3,(H,19,25)(H,20,24,29). The molecule has 1 heterocycles. The first-order valence-electron chi connectivity index (χ1n) is 8.98. The third-order valence-electron chi connectivity index (χ3n) is 4.09. The van der Waals surface area contributed by atoms with E-state index in [0.29, 0.717) is 13.1 Å². The van der Waals surface area contributed by atoms with Gasteiger partial charge < -0.3 is 15.0 Å². The van der Waals surface area contributed by atoms with Gasteiger partial charge >= 0.3 is 5.97 Å². The lowest BCUT2D eigenvalue weighted by atomic mass is 10.1. The molecule has 0 spiro atoms. The largest absolute Gasteiger partial charge is 0.465 e. The molecule has 0 saturated carbocycles. The van der Waals surface area contributed by atoms with Crippen molar-refractivity contribution in [1.82, 2.24) is 15.5 Å². The fraction of sp³-hybridized carbons (Fsp3) is 0.444. The fourth-order valence-corrected chi connectivity index (χ4v) is 2.92. The Hall–Kier alpha value is -3.08. The van der Waals surface area contributed by atoms with Gasteiger partial charge in [0.2, 0.25) is 5.91 Å². The van der Waals surface area contributed by atoms with Crippen molar-refractivity contribution in [1.29, 1.82) is 0 Å². The van der Waals surface area contributed by atoms with E-state index in [1.165, 1.54) is 29.2 Å². The van der Waals surface area contributed by atoms with Crippen LogP contribution in [0.5, 0.6) is 0 Å². The summed E-state index contributed by atoms with van der Waals surface area (Å²) in [4.78, 5) is 48.3. The van der Waals surface area contributed by atoms with Crippen molar-refractivity contribution >= 4 is 40.8 Å². The third kappa shape index (κ3) is 6.21. The first kappa shape index (κ1) is 22.2. The van der Waals surface area contributed by atoms with E-state index in [-0.39, 0.29) is 41.2 Å². The number of nitro benzene ring substituents is 1. The molecule has 1 saturated heterocycles. The first-order chi connectivity index (χ1) is 13.7. The smallest absolute Gasteiger partial charge is 0.308 e. The summed E-state index contributed by atoms with van der Waals surface area (Å²) in [7, 11) is 0. The molecular weight excluding hydrogens is 400 g/mol. The Morgan fingerprint density at radius 2 is 2.03 bits per heavy atom. The third-order valence-corrected chi connectivity index (χ3v) is 4.43. The minimum absolute atomic E-state index is 0.00939. The van der Waals surface area contributed by atoms with Crippen LogP contribution in [-0.2, 0) is 14.3 Å². The zero-order valence-electron chi connectivity index (χ0n) is 16.0. The maximum atomic E-state index is 12.4. The molecule has 1 atom stereocenters. The van der Waals surface area contributed by atoms with Crippen molar-refractivity contribution in [3.8, 4) is 0 Å². The van der Waals surface area contributed by atoms with E-state index in [2.05, 4.69) is 10.6 Å². The molecule has 1 aromatic rings. The predicted molar refractivity (Wildman–Crippen MR) is 107 cm³/mol. The SMILES string of the molecule is CC(C)COC(=O)CC1C(=O)NCCN1C(=S)NC(=O)c1ccc([N+](=O)[O-])cc1. The van der Waals surface area contributed by atoms with Crippen LogP contribution in [0, 0.1) is 16.0 Å². The topological polar surface area (TPSA) is 131 Å². The Labute approximate surface area is 172 Å². The Bertz CT molecular complexity index is 811. The molecule has 0 bridgehead atoms. The van der Waals surface area contributed by atoms with E-state index >= 15 is 0 Å². The van der Waals surface area contributed by atoms with Gasteiger partial charge in [0.1, 0.15) is 6.04 Å². The number of carbonyl (C=O) groups excluding carboxylic acids is 3. The summed E-state index contributed by atoms with van der Waals surface area (Å²) in [6, 6.07) is 4.13. The number of esters is 1. The molecule has 2 rings (SSSR count). The molecule has 1 aliphatic heterocycles. The monoisotopic (exact) mass is 422 g/mol. The van der Waals surface area contributed by atoms with Crippen LogP contribution in [0.1, 0.15) is 30.6 Å². The molecular formula is C18H22N4O6S. The van der Waals surface area contributed by atoms with Gasteiger partial charge in [-0.15, -0.1) is 0 Å². The number of nitro groups is 1. The summed E-state index contributed by atoms with van der Waals surface area (Å²) in [5.74, 6) is -1.32. The number of piperazine rings is 1. The molecule has 156 valence electrons. The number of non-ortho nitro benzene ring substituents is 1. The number of nitrogens with one attached hydrogen (secondary N) is 2. The van der Waals surface area contributed by atoms with Gasteiger partial charge in [0, 0.05) is 30.8 Å². The van der Waals surface area contributed by atoms with Gasteiger partial charge in [-0.2, -0.15) is 0 Å². The molecule has 1 unspecified atom stereocenters. The average Bonchev–Trinajstić information content (AvgIpc) is 2.67. The number of hydrogen-bond donors (Lipinski definition) is 2. The van der Waals surface area contributed by atoms with Crippen LogP contribution in [-0.4, -0.2) is 58.5 Å². The quantitative estimate of drug-likeness (QED) is 0.300. The highest BCUT2D eigenvalue weighted by atomic mass is 32.1. The highest BCUT2D eigenvalue weighted by Gasteiger charge is 2.34. The second-order valence-corrected chi connectivity index (χ2v) is 7.23. The van der Waals surface area contributed by atoms with Crippen molar-refractivity contribution in [3.05, 3.63) is 39.9 Å². The summed E-state index contributed by atoms with van der Waals surface area (Å²) in [5.41, 5.74) is 0.0316. The number of amides is 2. The highest BCUT2D eigenvalue weighted by Crippen LogP contribution is 2.14. The molecule has 1 fully saturated rings. The minimum atomic E-state index is -0.895. The van der Waals surface area contributed by atoms with Crippen molar-refractivity contribution in [2.45, 2.75) is 26.3 Å². The minimum Gasteiger partial charge on any atom is -0.465 e. The highest BCUT2D eigenvalue weighted by molar-refractivity contribution is 7.80. The number of rotatable bonds is 6. The fourth-order valence-electron chi connectivity index (χ4n) is 2.61. The second-order valence-electron chi connectivity index (χ2n) is 6.84. The van der Waals surface area contributed by atoms with Crippen LogP contribution < -0.4 is 10.6 Å². The lowest BCUT2D eigenvalue weighted by Crippen LogP contribution is -2.60. The van der Waals surface area contributed by atoms with E-state index in [1.54, 1.807) is 0 Å². The van der Waals surface area contributed by atoms with Gasteiger partial charge in [-0.25, -0.2) is 0 Å². The Kier molecular flexibility index (Phi) is 7.59. The Morgan fingerprint density at radius 3 is 2.62 bits per heavy atom. The molecule has 0 radical (unpaired) electrons. The van der Waals surface area contributed by atoms with Crippen molar-refractivity contribution in [3.63, 3.8) is 0 Å². The number of carbonyl (C=O) groups is 3. The van der Waals surface area contributed by atoms with Gasteiger partial charge in [0.05, 0.1) is 18.0 Å². The molecule has 2 N–H and O–H groups in total. The van der Waals surface area contributed by atoms with E-state index in [1.807, 2.05) is 13.8 Å².